The van der Waals surface area contributed by atoms with Crippen LogP contribution >= 0.6 is 11.3 Å². The molecule has 2 amide bonds. The number of rotatable bonds is 4. The molecule has 156 valence electrons. The number of esters is 1. The number of thiophene rings is 1. The van der Waals surface area contributed by atoms with Gasteiger partial charge in [0.05, 0.1) is 10.8 Å². The standard InChI is InChI=1S/C21H26N2O5S/c24-18(22-6-8-23(9-7-22)20(26)17-5-2-10-29-17)13-28-21(27)16-11-14-3-1-4-15(12-16)19(14)25/h2,5,10,14-16H,1,3-4,6-9,11-13H2/t14-,15+,16?. The van der Waals surface area contributed by atoms with Crippen molar-refractivity contribution in [1.29, 1.82) is 0 Å². The molecule has 7 nitrogen and oxygen atoms in total. The summed E-state index contributed by atoms with van der Waals surface area (Å²) in [6.45, 7) is 1.57. The third-order valence-corrected chi connectivity index (χ3v) is 7.23. The van der Waals surface area contributed by atoms with Crippen molar-refractivity contribution >= 4 is 34.9 Å². The Labute approximate surface area is 174 Å². The minimum atomic E-state index is -0.353. The number of hydrogen-bond acceptors (Lipinski definition) is 6. The molecule has 2 saturated carbocycles. The summed E-state index contributed by atoms with van der Waals surface area (Å²) < 4.78 is 5.31. The molecular formula is C21H26N2O5S. The van der Waals surface area contributed by atoms with Gasteiger partial charge in [-0.3, -0.25) is 19.2 Å². The summed E-state index contributed by atoms with van der Waals surface area (Å²) in [7, 11) is 0. The van der Waals surface area contributed by atoms with Crippen LogP contribution < -0.4 is 0 Å². The van der Waals surface area contributed by atoms with Crippen molar-refractivity contribution in [2.75, 3.05) is 32.8 Å². The number of piperazine rings is 1. The Kier molecular flexibility index (Phi) is 5.99. The van der Waals surface area contributed by atoms with E-state index in [0.29, 0.717) is 49.7 Å². The molecule has 2 aliphatic carbocycles. The molecule has 0 radical (unpaired) electrons. The maximum atomic E-state index is 12.4. The number of Topliss-reactive ketones (excluding diaryl/α,β-unsaturated/α-hetero) is 1. The first kappa shape index (κ1) is 20.1. The topological polar surface area (TPSA) is 84.0 Å². The van der Waals surface area contributed by atoms with Crippen molar-refractivity contribution in [2.24, 2.45) is 17.8 Å². The van der Waals surface area contributed by atoms with Gasteiger partial charge in [-0.25, -0.2) is 0 Å². The summed E-state index contributed by atoms with van der Waals surface area (Å²) >= 11 is 1.41. The average molecular weight is 419 g/mol. The van der Waals surface area contributed by atoms with Gasteiger partial charge in [0, 0.05) is 38.0 Å². The third kappa shape index (κ3) is 4.37. The zero-order chi connectivity index (χ0) is 20.4. The predicted octanol–water partition coefficient (Wildman–Crippen LogP) is 1.97. The van der Waals surface area contributed by atoms with Crippen LogP contribution in [0.1, 0.15) is 41.8 Å². The van der Waals surface area contributed by atoms with E-state index >= 15 is 0 Å². The quantitative estimate of drug-likeness (QED) is 0.698. The first-order valence-corrected chi connectivity index (χ1v) is 11.2. The van der Waals surface area contributed by atoms with E-state index < -0.39 is 0 Å². The van der Waals surface area contributed by atoms with Crippen molar-refractivity contribution < 1.29 is 23.9 Å². The lowest BCUT2D eigenvalue weighted by Gasteiger charge is -2.36. The van der Waals surface area contributed by atoms with Gasteiger partial charge in [0.15, 0.2) is 6.61 Å². The largest absolute Gasteiger partial charge is 0.455 e. The Balaban J connectivity index is 1.22. The highest BCUT2D eigenvalue weighted by Gasteiger charge is 2.42. The lowest BCUT2D eigenvalue weighted by molar-refractivity contribution is -0.159. The van der Waals surface area contributed by atoms with Crippen LogP contribution in [0.25, 0.3) is 0 Å². The summed E-state index contributed by atoms with van der Waals surface area (Å²) in [6, 6.07) is 3.65. The molecule has 1 aromatic heterocycles. The minimum Gasteiger partial charge on any atom is -0.455 e. The number of carbonyl (C=O) groups is 4. The van der Waals surface area contributed by atoms with Crippen LogP contribution in [0.5, 0.6) is 0 Å². The van der Waals surface area contributed by atoms with E-state index in [1.165, 1.54) is 11.3 Å². The molecular weight excluding hydrogens is 392 g/mol. The first-order valence-electron chi connectivity index (χ1n) is 10.3. The number of fused-ring (bicyclic) bond motifs is 2. The van der Waals surface area contributed by atoms with Gasteiger partial charge < -0.3 is 14.5 Å². The second-order valence-corrected chi connectivity index (χ2v) is 9.10. The number of carbonyl (C=O) groups excluding carboxylic acids is 4. The van der Waals surface area contributed by atoms with Gasteiger partial charge in [-0.1, -0.05) is 12.5 Å². The molecule has 3 fully saturated rings. The number of hydrogen-bond donors (Lipinski definition) is 0. The Morgan fingerprint density at radius 2 is 1.69 bits per heavy atom. The van der Waals surface area contributed by atoms with Crippen molar-refractivity contribution in [1.82, 2.24) is 9.80 Å². The zero-order valence-electron chi connectivity index (χ0n) is 16.4. The minimum absolute atomic E-state index is 0.00378. The van der Waals surface area contributed by atoms with E-state index in [1.807, 2.05) is 11.4 Å². The van der Waals surface area contributed by atoms with Gasteiger partial charge in [-0.15, -0.1) is 11.3 Å². The molecule has 1 aliphatic heterocycles. The van der Waals surface area contributed by atoms with E-state index in [4.69, 9.17) is 4.74 Å². The summed E-state index contributed by atoms with van der Waals surface area (Å²) in [5.74, 6) is -0.560. The van der Waals surface area contributed by atoms with Gasteiger partial charge in [0.2, 0.25) is 0 Å². The summed E-state index contributed by atoms with van der Waals surface area (Å²) in [5.41, 5.74) is 0. The molecule has 3 aliphatic rings. The molecule has 1 saturated heterocycles. The van der Waals surface area contributed by atoms with Gasteiger partial charge in [0.1, 0.15) is 5.78 Å². The maximum Gasteiger partial charge on any atom is 0.309 e. The second kappa shape index (κ2) is 8.65. The Hall–Kier alpha value is -2.22. The van der Waals surface area contributed by atoms with Crippen LogP contribution in [-0.2, 0) is 19.1 Å². The monoisotopic (exact) mass is 418 g/mol. The van der Waals surface area contributed by atoms with Gasteiger partial charge in [-0.2, -0.15) is 0 Å². The van der Waals surface area contributed by atoms with Crippen molar-refractivity contribution in [3.05, 3.63) is 22.4 Å². The SMILES string of the molecule is O=C(OCC(=O)N1CCN(C(=O)c2cccs2)CC1)C1C[C@H]2CCC[C@@H](C1)C2=O. The van der Waals surface area contributed by atoms with Crippen LogP contribution in [-0.4, -0.2) is 66.2 Å². The first-order chi connectivity index (χ1) is 14.0. The normalized spacial score (nSPS) is 26.9. The summed E-state index contributed by atoms with van der Waals surface area (Å²) in [5, 5.41) is 1.87. The van der Waals surface area contributed by atoms with Crippen LogP contribution in [0.3, 0.4) is 0 Å². The molecule has 0 spiro atoms. The lowest BCUT2D eigenvalue weighted by atomic mass is 9.67. The summed E-state index contributed by atoms with van der Waals surface area (Å²) in [6.07, 6.45) is 3.92. The molecule has 1 aromatic rings. The molecule has 29 heavy (non-hydrogen) atoms. The van der Waals surface area contributed by atoms with E-state index in [1.54, 1.807) is 15.9 Å². The van der Waals surface area contributed by atoms with Crippen LogP contribution in [0.4, 0.5) is 0 Å². The molecule has 4 rings (SSSR count). The van der Waals surface area contributed by atoms with Crippen LogP contribution in [0.15, 0.2) is 17.5 Å². The van der Waals surface area contributed by atoms with Gasteiger partial charge in [-0.05, 0) is 37.1 Å². The average Bonchev–Trinajstić information content (AvgIpc) is 3.26. The molecule has 0 N–H and O–H groups in total. The molecule has 1 unspecified atom stereocenters. The third-order valence-electron chi connectivity index (χ3n) is 6.37. The molecule has 2 bridgehead atoms. The fraction of sp³-hybridized carbons (Fsp3) is 0.619. The van der Waals surface area contributed by atoms with Gasteiger partial charge >= 0.3 is 5.97 Å². The Morgan fingerprint density at radius 3 is 2.31 bits per heavy atom. The molecule has 8 heteroatoms. The number of nitrogens with zero attached hydrogens (tertiary/aromatic N) is 2. The smallest absolute Gasteiger partial charge is 0.309 e. The Bertz CT molecular complexity index is 769. The molecule has 2 heterocycles. The van der Waals surface area contributed by atoms with Gasteiger partial charge in [0.25, 0.3) is 11.8 Å². The van der Waals surface area contributed by atoms with E-state index in [9.17, 15) is 19.2 Å². The Morgan fingerprint density at radius 1 is 1.03 bits per heavy atom. The highest BCUT2D eigenvalue weighted by atomic mass is 32.1. The predicted molar refractivity (Wildman–Crippen MR) is 106 cm³/mol. The molecule has 0 aromatic carbocycles. The van der Waals surface area contributed by atoms with Crippen molar-refractivity contribution in [2.45, 2.75) is 32.1 Å². The van der Waals surface area contributed by atoms with E-state index in [2.05, 4.69) is 0 Å². The van der Waals surface area contributed by atoms with Crippen LogP contribution in [0, 0.1) is 17.8 Å². The van der Waals surface area contributed by atoms with Crippen molar-refractivity contribution in [3.8, 4) is 0 Å². The maximum absolute atomic E-state index is 12.4. The lowest BCUT2D eigenvalue weighted by Crippen LogP contribution is -2.51. The number of amides is 2. The molecule has 3 atom stereocenters. The summed E-state index contributed by atoms with van der Waals surface area (Å²) in [4.78, 5) is 53.5. The zero-order valence-corrected chi connectivity index (χ0v) is 17.2. The van der Waals surface area contributed by atoms with Crippen LogP contribution in [0.2, 0.25) is 0 Å². The highest BCUT2D eigenvalue weighted by molar-refractivity contribution is 7.12. The second-order valence-electron chi connectivity index (χ2n) is 8.15. The highest BCUT2D eigenvalue weighted by Crippen LogP contribution is 2.40. The van der Waals surface area contributed by atoms with Crippen molar-refractivity contribution in [3.63, 3.8) is 0 Å². The number of ether oxygens (including phenoxy) is 1. The van der Waals surface area contributed by atoms with E-state index in [0.717, 1.165) is 19.3 Å². The number of ketones is 1. The fourth-order valence-corrected chi connectivity index (χ4v) is 5.42. The van der Waals surface area contributed by atoms with E-state index in [-0.39, 0.29) is 42.1 Å². The fourth-order valence-electron chi connectivity index (χ4n) is 4.73.